The third-order valence-corrected chi connectivity index (χ3v) is 5.14. The van der Waals surface area contributed by atoms with E-state index in [1.807, 2.05) is 20.8 Å². The summed E-state index contributed by atoms with van der Waals surface area (Å²) < 4.78 is 0. The monoisotopic (exact) mass is 373 g/mol. The summed E-state index contributed by atoms with van der Waals surface area (Å²) in [6, 6.07) is 7.15. The van der Waals surface area contributed by atoms with Crippen LogP contribution in [0, 0.1) is 30.7 Å². The normalized spacial score (nSPS) is 13.2. The van der Waals surface area contributed by atoms with Crippen LogP contribution < -0.4 is 5.56 Å². The van der Waals surface area contributed by atoms with Crippen LogP contribution in [0.4, 0.5) is 0 Å². The van der Waals surface area contributed by atoms with Crippen LogP contribution in [-0.2, 0) is 13.0 Å². The SMILES string of the molecule is [C-]#[N+]Cc1[nH]c(=O)c(C(C)C)c(C(=O)c2cc(C)cc(C#N)c2)c1CC1CC1. The van der Waals surface area contributed by atoms with Gasteiger partial charge in [0, 0.05) is 16.7 Å². The Morgan fingerprint density at radius 2 is 2.07 bits per heavy atom. The molecule has 0 atom stereocenters. The van der Waals surface area contributed by atoms with E-state index in [9.17, 15) is 14.9 Å². The number of H-pyrrole nitrogens is 1. The van der Waals surface area contributed by atoms with Crippen molar-refractivity contribution < 1.29 is 4.79 Å². The van der Waals surface area contributed by atoms with E-state index in [2.05, 4.69) is 15.9 Å². The zero-order valence-electron chi connectivity index (χ0n) is 16.4. The molecule has 0 aliphatic heterocycles. The van der Waals surface area contributed by atoms with Crippen molar-refractivity contribution in [2.75, 3.05) is 0 Å². The molecule has 1 heterocycles. The van der Waals surface area contributed by atoms with E-state index in [1.54, 1.807) is 18.2 Å². The molecule has 0 radical (unpaired) electrons. The Balaban J connectivity index is 2.28. The molecule has 0 amide bonds. The molecule has 0 bridgehead atoms. The van der Waals surface area contributed by atoms with Gasteiger partial charge in [-0.3, -0.25) is 9.59 Å². The van der Waals surface area contributed by atoms with Crippen LogP contribution in [0.1, 0.15) is 76.5 Å². The van der Waals surface area contributed by atoms with Gasteiger partial charge in [0.25, 0.3) is 12.1 Å². The molecule has 1 aliphatic carbocycles. The largest absolute Gasteiger partial charge is 0.319 e. The van der Waals surface area contributed by atoms with Crippen LogP contribution in [0.5, 0.6) is 0 Å². The molecule has 3 rings (SSSR count). The van der Waals surface area contributed by atoms with Crippen molar-refractivity contribution in [1.82, 2.24) is 4.98 Å². The number of nitrogens with zero attached hydrogens (tertiary/aromatic N) is 2. The molecular formula is C23H23N3O2. The first-order valence-electron chi connectivity index (χ1n) is 9.53. The summed E-state index contributed by atoms with van der Waals surface area (Å²) in [6.45, 7) is 12.9. The second-order valence-electron chi connectivity index (χ2n) is 7.85. The van der Waals surface area contributed by atoms with Gasteiger partial charge in [-0.15, -0.1) is 0 Å². The average molecular weight is 373 g/mol. The Bertz CT molecular complexity index is 1080. The highest BCUT2D eigenvalue weighted by atomic mass is 16.1. The molecular weight excluding hydrogens is 350 g/mol. The van der Waals surface area contributed by atoms with Crippen LogP contribution in [-0.4, -0.2) is 10.8 Å². The fourth-order valence-electron chi connectivity index (χ4n) is 3.69. The predicted molar refractivity (Wildman–Crippen MR) is 107 cm³/mol. The van der Waals surface area contributed by atoms with Gasteiger partial charge in [0.1, 0.15) is 5.69 Å². The van der Waals surface area contributed by atoms with Gasteiger partial charge in [0.05, 0.1) is 11.6 Å². The first kappa shape index (κ1) is 19.6. The van der Waals surface area contributed by atoms with Gasteiger partial charge >= 0.3 is 0 Å². The standard InChI is InChI=1S/C23H23N3O2/c1-13(2)20-21(22(27)17-8-14(3)7-16(9-17)11-24)18(10-15-5-6-15)19(12-25-4)26-23(20)28/h7-9,13,15H,5-6,10,12H2,1-3H3,(H,26,28). The van der Waals surface area contributed by atoms with Gasteiger partial charge < -0.3 is 9.83 Å². The molecule has 1 fully saturated rings. The van der Waals surface area contributed by atoms with Crippen molar-refractivity contribution in [3.05, 3.63) is 79.0 Å². The number of aromatic nitrogens is 1. The number of aryl methyl sites for hydroxylation is 1. The van der Waals surface area contributed by atoms with Gasteiger partial charge in [-0.05, 0) is 67.3 Å². The molecule has 1 saturated carbocycles. The Hall–Kier alpha value is -3.18. The van der Waals surface area contributed by atoms with Gasteiger partial charge in [-0.1, -0.05) is 13.8 Å². The molecule has 2 aromatic rings. The first-order valence-corrected chi connectivity index (χ1v) is 9.53. The summed E-state index contributed by atoms with van der Waals surface area (Å²) in [7, 11) is 0. The lowest BCUT2D eigenvalue weighted by molar-refractivity contribution is 0.103. The highest BCUT2D eigenvalue weighted by Gasteiger charge is 2.31. The van der Waals surface area contributed by atoms with E-state index in [0.29, 0.717) is 40.3 Å². The number of carbonyl (C=O) groups excluding carboxylic acids is 1. The number of hydrogen-bond donors (Lipinski definition) is 1. The van der Waals surface area contributed by atoms with Crippen molar-refractivity contribution in [3.63, 3.8) is 0 Å². The lowest BCUT2D eigenvalue weighted by atomic mass is 9.86. The average Bonchev–Trinajstić information content (AvgIpc) is 3.46. The number of aromatic amines is 1. The van der Waals surface area contributed by atoms with E-state index in [1.165, 1.54) is 0 Å². The Kier molecular flexibility index (Phi) is 5.47. The number of ketones is 1. The number of hydrogen-bond acceptors (Lipinski definition) is 3. The predicted octanol–water partition coefficient (Wildman–Crippen LogP) is 4.28. The fraction of sp³-hybridized carbons (Fsp3) is 0.391. The summed E-state index contributed by atoms with van der Waals surface area (Å²) in [6.07, 6.45) is 2.90. The summed E-state index contributed by atoms with van der Waals surface area (Å²) in [5.74, 6) is 0.119. The first-order chi connectivity index (χ1) is 13.3. The number of rotatable bonds is 6. The second kappa shape index (κ2) is 7.82. The number of nitriles is 1. The van der Waals surface area contributed by atoms with Crippen molar-refractivity contribution in [1.29, 1.82) is 5.26 Å². The Morgan fingerprint density at radius 1 is 1.36 bits per heavy atom. The van der Waals surface area contributed by atoms with Crippen LogP contribution in [0.3, 0.4) is 0 Å². The van der Waals surface area contributed by atoms with Crippen LogP contribution in [0.25, 0.3) is 4.85 Å². The lowest BCUT2D eigenvalue weighted by Crippen LogP contribution is -2.25. The molecule has 142 valence electrons. The van der Waals surface area contributed by atoms with E-state index >= 15 is 0 Å². The van der Waals surface area contributed by atoms with Crippen molar-refractivity contribution >= 4 is 5.78 Å². The molecule has 1 aliphatic rings. The minimum Gasteiger partial charge on any atom is -0.319 e. The van der Waals surface area contributed by atoms with Crippen molar-refractivity contribution in [2.45, 2.75) is 52.5 Å². The number of nitrogens with one attached hydrogen (secondary N) is 1. The maximum absolute atomic E-state index is 13.6. The molecule has 5 nitrogen and oxygen atoms in total. The third kappa shape index (κ3) is 3.89. The minimum absolute atomic E-state index is 0.0488. The van der Waals surface area contributed by atoms with Gasteiger partial charge in [-0.2, -0.15) is 5.26 Å². The summed E-state index contributed by atoms with van der Waals surface area (Å²) in [4.78, 5) is 32.7. The molecule has 1 aromatic carbocycles. The van der Waals surface area contributed by atoms with E-state index in [-0.39, 0.29) is 23.8 Å². The third-order valence-electron chi connectivity index (χ3n) is 5.14. The second-order valence-corrected chi connectivity index (χ2v) is 7.85. The van der Waals surface area contributed by atoms with Crippen LogP contribution >= 0.6 is 0 Å². The van der Waals surface area contributed by atoms with Gasteiger partial charge in [-0.25, -0.2) is 6.57 Å². The van der Waals surface area contributed by atoms with E-state index < -0.39 is 0 Å². The number of benzene rings is 1. The topological polar surface area (TPSA) is 78.1 Å². The molecule has 1 aromatic heterocycles. The minimum atomic E-state index is -0.301. The molecule has 28 heavy (non-hydrogen) atoms. The zero-order valence-corrected chi connectivity index (χ0v) is 16.4. The Labute approximate surface area is 164 Å². The highest BCUT2D eigenvalue weighted by Crippen LogP contribution is 2.36. The molecule has 5 heteroatoms. The summed E-state index contributed by atoms with van der Waals surface area (Å²) in [5.41, 5.74) is 3.60. The Morgan fingerprint density at radius 3 is 2.64 bits per heavy atom. The number of pyridine rings is 1. The quantitative estimate of drug-likeness (QED) is 0.606. The molecule has 0 unspecified atom stereocenters. The molecule has 0 spiro atoms. The van der Waals surface area contributed by atoms with Gasteiger partial charge in [0.15, 0.2) is 5.78 Å². The fourth-order valence-corrected chi connectivity index (χ4v) is 3.69. The van der Waals surface area contributed by atoms with Crippen molar-refractivity contribution in [3.8, 4) is 6.07 Å². The number of carbonyl (C=O) groups is 1. The van der Waals surface area contributed by atoms with Gasteiger partial charge in [0.2, 0.25) is 0 Å². The van der Waals surface area contributed by atoms with E-state index in [0.717, 1.165) is 24.0 Å². The van der Waals surface area contributed by atoms with E-state index in [4.69, 9.17) is 6.57 Å². The summed E-state index contributed by atoms with van der Waals surface area (Å²) in [5, 5.41) is 9.27. The van der Waals surface area contributed by atoms with Crippen LogP contribution in [0.15, 0.2) is 23.0 Å². The maximum atomic E-state index is 13.6. The molecule has 1 N–H and O–H groups in total. The lowest BCUT2D eigenvalue weighted by Gasteiger charge is -2.18. The highest BCUT2D eigenvalue weighted by molar-refractivity contribution is 6.11. The molecule has 0 saturated heterocycles. The maximum Gasteiger partial charge on any atom is 0.254 e. The smallest absolute Gasteiger partial charge is 0.254 e. The zero-order chi connectivity index (χ0) is 20.4. The van der Waals surface area contributed by atoms with Crippen LogP contribution in [0.2, 0.25) is 0 Å². The summed E-state index contributed by atoms with van der Waals surface area (Å²) >= 11 is 0. The van der Waals surface area contributed by atoms with Crippen molar-refractivity contribution in [2.24, 2.45) is 5.92 Å².